The van der Waals surface area contributed by atoms with Crippen LogP contribution in [0.4, 0.5) is 0 Å². The number of unbranched alkanes of at least 4 members (excludes halogenated alkanes) is 2. The summed E-state index contributed by atoms with van der Waals surface area (Å²) in [6, 6.07) is 7.81. The van der Waals surface area contributed by atoms with Gasteiger partial charge in [-0.05, 0) is 24.1 Å². The van der Waals surface area contributed by atoms with Gasteiger partial charge in [0.05, 0.1) is 5.71 Å². The van der Waals surface area contributed by atoms with Crippen LogP contribution in [-0.2, 0) is 6.42 Å². The first-order chi connectivity index (χ1) is 10.3. The molecule has 118 valence electrons. The first kappa shape index (κ1) is 17.5. The second kappa shape index (κ2) is 8.13. The standard InChI is InChI=1S/C15H17ClN4S.BrH/c1-2-3-4-5-14-17-18-15-20(14)19-13(10-21-15)11-6-8-12(16)9-7-11;/h6-9H,2-5,10H2,1H3;1H. The van der Waals surface area contributed by atoms with Gasteiger partial charge in [-0.2, -0.15) is 9.78 Å². The van der Waals surface area contributed by atoms with Crippen molar-refractivity contribution in [2.45, 2.75) is 37.8 Å². The number of hydrogen-bond acceptors (Lipinski definition) is 4. The Morgan fingerprint density at radius 1 is 1.18 bits per heavy atom. The molecule has 2 aromatic rings. The number of hydrogen-bond donors (Lipinski definition) is 0. The number of benzene rings is 1. The van der Waals surface area contributed by atoms with Gasteiger partial charge in [-0.15, -0.1) is 27.2 Å². The Morgan fingerprint density at radius 3 is 2.68 bits per heavy atom. The molecular weight excluding hydrogens is 384 g/mol. The van der Waals surface area contributed by atoms with E-state index in [9.17, 15) is 0 Å². The average Bonchev–Trinajstić information content (AvgIpc) is 2.91. The van der Waals surface area contributed by atoms with Gasteiger partial charge in [0.2, 0.25) is 5.16 Å². The van der Waals surface area contributed by atoms with Gasteiger partial charge in [-0.25, -0.2) is 0 Å². The van der Waals surface area contributed by atoms with Crippen LogP contribution in [0.2, 0.25) is 5.02 Å². The lowest BCUT2D eigenvalue weighted by Gasteiger charge is -2.13. The molecule has 0 radical (unpaired) electrons. The Kier molecular flexibility index (Phi) is 6.47. The summed E-state index contributed by atoms with van der Waals surface area (Å²) in [6.07, 6.45) is 4.47. The van der Waals surface area contributed by atoms with Gasteiger partial charge in [-0.3, -0.25) is 0 Å². The molecule has 0 atom stereocenters. The van der Waals surface area contributed by atoms with E-state index in [2.05, 4.69) is 17.1 Å². The summed E-state index contributed by atoms with van der Waals surface area (Å²) in [4.78, 5) is 0. The molecule has 1 aromatic carbocycles. The van der Waals surface area contributed by atoms with Crippen molar-refractivity contribution in [1.82, 2.24) is 14.9 Å². The number of fused-ring (bicyclic) bond motifs is 1. The largest absolute Gasteiger partial charge is 0.212 e. The third kappa shape index (κ3) is 3.91. The fourth-order valence-corrected chi connectivity index (χ4v) is 3.22. The van der Waals surface area contributed by atoms with Crippen LogP contribution in [0.5, 0.6) is 0 Å². The van der Waals surface area contributed by atoms with E-state index in [1.165, 1.54) is 12.8 Å². The van der Waals surface area contributed by atoms with Crippen molar-refractivity contribution in [3.8, 4) is 0 Å². The topological polar surface area (TPSA) is 43.1 Å². The highest BCUT2D eigenvalue weighted by Gasteiger charge is 2.19. The van der Waals surface area contributed by atoms with Gasteiger partial charge in [0, 0.05) is 17.2 Å². The van der Waals surface area contributed by atoms with E-state index < -0.39 is 0 Å². The third-order valence-electron chi connectivity index (χ3n) is 3.42. The Balaban J connectivity index is 0.00000176. The van der Waals surface area contributed by atoms with Crippen LogP contribution < -0.4 is 0 Å². The lowest BCUT2D eigenvalue weighted by Crippen LogP contribution is -2.14. The second-order valence-corrected chi connectivity index (χ2v) is 6.39. The molecular formula is C15H18BrClN4S. The van der Waals surface area contributed by atoms with Crippen molar-refractivity contribution in [3.63, 3.8) is 0 Å². The highest BCUT2D eigenvalue weighted by atomic mass is 79.9. The van der Waals surface area contributed by atoms with Gasteiger partial charge < -0.3 is 0 Å². The molecule has 0 aliphatic carbocycles. The summed E-state index contributed by atoms with van der Waals surface area (Å²) in [5.74, 6) is 1.77. The van der Waals surface area contributed by atoms with Crippen molar-refractivity contribution in [2.75, 3.05) is 5.75 Å². The lowest BCUT2D eigenvalue weighted by molar-refractivity contribution is 0.647. The minimum Gasteiger partial charge on any atom is -0.191 e. The smallest absolute Gasteiger partial charge is 0.191 e. The van der Waals surface area contributed by atoms with Gasteiger partial charge in [-0.1, -0.05) is 55.3 Å². The number of halogens is 2. The van der Waals surface area contributed by atoms with Crippen LogP contribution in [-0.4, -0.2) is 26.3 Å². The van der Waals surface area contributed by atoms with E-state index in [0.717, 1.165) is 45.9 Å². The van der Waals surface area contributed by atoms with Crippen LogP contribution in [0, 0.1) is 0 Å². The summed E-state index contributed by atoms with van der Waals surface area (Å²) < 4.78 is 1.90. The summed E-state index contributed by atoms with van der Waals surface area (Å²) in [5.41, 5.74) is 2.14. The summed E-state index contributed by atoms with van der Waals surface area (Å²) in [7, 11) is 0. The number of aromatic nitrogens is 3. The van der Waals surface area contributed by atoms with E-state index in [0.29, 0.717) is 0 Å². The monoisotopic (exact) mass is 400 g/mol. The van der Waals surface area contributed by atoms with Crippen LogP contribution in [0.3, 0.4) is 0 Å². The van der Waals surface area contributed by atoms with Crippen LogP contribution >= 0.6 is 40.3 Å². The molecule has 2 heterocycles. The molecule has 4 nitrogen and oxygen atoms in total. The molecule has 0 unspecified atom stereocenters. The van der Waals surface area contributed by atoms with Crippen LogP contribution in [0.1, 0.15) is 37.6 Å². The number of aryl methyl sites for hydroxylation is 1. The molecule has 3 rings (SSSR count). The highest BCUT2D eigenvalue weighted by molar-refractivity contribution is 8.93. The maximum atomic E-state index is 5.94. The van der Waals surface area contributed by atoms with Crippen LogP contribution in [0.15, 0.2) is 34.5 Å². The maximum absolute atomic E-state index is 5.94. The van der Waals surface area contributed by atoms with Crippen molar-refractivity contribution in [3.05, 3.63) is 40.7 Å². The first-order valence-electron chi connectivity index (χ1n) is 7.19. The molecule has 1 aromatic heterocycles. The van der Waals surface area contributed by atoms with E-state index in [4.69, 9.17) is 16.7 Å². The Labute approximate surface area is 150 Å². The molecule has 0 spiro atoms. The molecule has 22 heavy (non-hydrogen) atoms. The van der Waals surface area contributed by atoms with Gasteiger partial charge in [0.1, 0.15) is 0 Å². The van der Waals surface area contributed by atoms with Crippen LogP contribution in [0.25, 0.3) is 0 Å². The highest BCUT2D eigenvalue weighted by Crippen LogP contribution is 2.25. The molecule has 0 saturated heterocycles. The number of rotatable bonds is 5. The van der Waals surface area contributed by atoms with E-state index in [1.54, 1.807) is 11.8 Å². The quantitative estimate of drug-likeness (QED) is 0.688. The van der Waals surface area contributed by atoms with Gasteiger partial charge >= 0.3 is 0 Å². The van der Waals surface area contributed by atoms with E-state index >= 15 is 0 Å². The zero-order valence-corrected chi connectivity index (χ0v) is 15.6. The Hall–Kier alpha value is -0.850. The summed E-state index contributed by atoms with van der Waals surface area (Å²) >= 11 is 7.62. The molecule has 7 heteroatoms. The number of thioether (sulfide) groups is 1. The second-order valence-electron chi connectivity index (χ2n) is 5.01. The zero-order chi connectivity index (χ0) is 14.7. The first-order valence-corrected chi connectivity index (χ1v) is 8.55. The normalized spacial score (nSPS) is 13.3. The van der Waals surface area contributed by atoms with Crippen molar-refractivity contribution < 1.29 is 0 Å². The lowest BCUT2D eigenvalue weighted by atomic mass is 10.1. The van der Waals surface area contributed by atoms with Crippen molar-refractivity contribution >= 4 is 46.1 Å². The van der Waals surface area contributed by atoms with Crippen molar-refractivity contribution in [2.24, 2.45) is 5.10 Å². The molecule has 1 aliphatic rings. The fraction of sp³-hybridized carbons (Fsp3) is 0.400. The number of nitrogens with zero attached hydrogens (tertiary/aromatic N) is 4. The SMILES string of the molecule is Br.CCCCCc1nnc2n1N=C(c1ccc(Cl)cc1)CS2. The summed E-state index contributed by atoms with van der Waals surface area (Å²) in [6.45, 7) is 2.20. The minimum absolute atomic E-state index is 0. The van der Waals surface area contributed by atoms with E-state index in [-0.39, 0.29) is 17.0 Å². The predicted molar refractivity (Wildman–Crippen MR) is 97.7 cm³/mol. The molecule has 0 saturated carbocycles. The molecule has 0 N–H and O–H groups in total. The molecule has 0 bridgehead atoms. The van der Waals surface area contributed by atoms with Crippen molar-refractivity contribution in [1.29, 1.82) is 0 Å². The van der Waals surface area contributed by atoms with Gasteiger partial charge in [0.15, 0.2) is 5.82 Å². The average molecular weight is 402 g/mol. The fourth-order valence-electron chi connectivity index (χ4n) is 2.24. The molecule has 1 aliphatic heterocycles. The Morgan fingerprint density at radius 2 is 1.95 bits per heavy atom. The molecule has 0 fully saturated rings. The van der Waals surface area contributed by atoms with Gasteiger partial charge in [0.25, 0.3) is 0 Å². The zero-order valence-electron chi connectivity index (χ0n) is 12.3. The maximum Gasteiger partial charge on any atom is 0.212 e. The van der Waals surface area contributed by atoms with E-state index in [1.807, 2.05) is 28.9 Å². The molecule has 0 amide bonds. The minimum atomic E-state index is 0. The third-order valence-corrected chi connectivity index (χ3v) is 4.60. The Bertz CT molecular complexity index is 654. The summed E-state index contributed by atoms with van der Waals surface area (Å²) in [5, 5.41) is 14.9. The predicted octanol–water partition coefficient (Wildman–Crippen LogP) is 4.60.